The van der Waals surface area contributed by atoms with Crippen LogP contribution in [0.1, 0.15) is 61.8 Å². The largest absolute Gasteiger partial charge is 0.456 e. The molecule has 4 aromatic carbocycles. The molecular weight excluding hydrogens is 593 g/mol. The van der Waals surface area contributed by atoms with E-state index in [1.807, 2.05) is 36.4 Å². The summed E-state index contributed by atoms with van der Waals surface area (Å²) in [5, 5.41) is 5.05. The third-order valence-electron chi connectivity index (χ3n) is 8.47. The molecule has 0 atom stereocenters. The summed E-state index contributed by atoms with van der Waals surface area (Å²) in [5.41, 5.74) is 9.71. The van der Waals surface area contributed by atoms with Gasteiger partial charge in [0.15, 0.2) is 0 Å². The van der Waals surface area contributed by atoms with E-state index >= 15 is 0 Å². The van der Waals surface area contributed by atoms with Crippen LogP contribution in [0.25, 0.3) is 33.4 Å². The standard InChI is InChI=1S/C39H38N2O4S/c1-23(2)29-14-9-11-25(5)38(29)40-27-17-19-31-34(21-27)45-35-22-28(41-39-26(6)12-10-15-30(39)24(3)4)18-20-32(35)37(31)33-13-7-8-16-36(33)46(42,43)44/h7-24,40H,1-6H3,(H,42,43,44)/b41-28+. The predicted octanol–water partition coefficient (Wildman–Crippen LogP) is 10.3. The van der Waals surface area contributed by atoms with Crippen LogP contribution in [0.3, 0.4) is 0 Å². The van der Waals surface area contributed by atoms with Crippen LogP contribution < -0.4 is 10.7 Å². The normalized spacial score (nSPS) is 12.5. The number of anilines is 2. The monoisotopic (exact) mass is 630 g/mol. The topological polar surface area (TPSA) is 91.9 Å². The van der Waals surface area contributed by atoms with Crippen LogP contribution in [-0.4, -0.2) is 13.0 Å². The van der Waals surface area contributed by atoms with Gasteiger partial charge in [-0.3, -0.25) is 4.55 Å². The molecule has 234 valence electrons. The molecule has 1 aliphatic carbocycles. The Labute approximate surface area is 270 Å². The van der Waals surface area contributed by atoms with Gasteiger partial charge < -0.3 is 9.73 Å². The van der Waals surface area contributed by atoms with Crippen molar-refractivity contribution in [2.75, 3.05) is 5.32 Å². The number of nitrogens with zero attached hydrogens (tertiary/aromatic N) is 1. The number of aryl methyl sites for hydroxylation is 2. The lowest BCUT2D eigenvalue weighted by molar-refractivity contribution is 0.483. The smallest absolute Gasteiger partial charge is 0.295 e. The molecule has 0 fully saturated rings. The van der Waals surface area contributed by atoms with Crippen LogP contribution in [0.4, 0.5) is 17.1 Å². The first kappa shape index (κ1) is 31.3. The maximum Gasteiger partial charge on any atom is 0.295 e. The summed E-state index contributed by atoms with van der Waals surface area (Å²) in [6.07, 6.45) is 0. The molecule has 1 aliphatic heterocycles. The molecule has 46 heavy (non-hydrogen) atoms. The number of nitrogens with one attached hydrogen (secondary N) is 1. The summed E-state index contributed by atoms with van der Waals surface area (Å²) in [4.78, 5) is 4.89. The Hall–Kier alpha value is -4.72. The second-order valence-electron chi connectivity index (χ2n) is 12.4. The van der Waals surface area contributed by atoms with Gasteiger partial charge in [-0.1, -0.05) is 82.3 Å². The molecule has 4 aromatic rings. The highest BCUT2D eigenvalue weighted by Gasteiger charge is 2.24. The number of hydrogen-bond acceptors (Lipinski definition) is 5. The average Bonchev–Trinajstić information content (AvgIpc) is 3.01. The number of hydrogen-bond donors (Lipinski definition) is 2. The van der Waals surface area contributed by atoms with Gasteiger partial charge in [-0.05, 0) is 78.3 Å². The highest BCUT2D eigenvalue weighted by atomic mass is 32.2. The first-order valence-corrected chi connectivity index (χ1v) is 16.9. The van der Waals surface area contributed by atoms with E-state index < -0.39 is 10.1 Å². The summed E-state index contributed by atoms with van der Waals surface area (Å²) < 4.78 is 41.9. The third kappa shape index (κ3) is 5.96. The van der Waals surface area contributed by atoms with Crippen LogP contribution >= 0.6 is 0 Å². The highest BCUT2D eigenvalue weighted by Crippen LogP contribution is 2.43. The molecule has 6 rings (SSSR count). The molecule has 0 radical (unpaired) electrons. The van der Waals surface area contributed by atoms with Crippen molar-refractivity contribution in [3.05, 3.63) is 125 Å². The van der Waals surface area contributed by atoms with Gasteiger partial charge in [0.2, 0.25) is 0 Å². The Kier molecular flexibility index (Phi) is 8.32. The Balaban J connectivity index is 1.63. The van der Waals surface area contributed by atoms with Crippen molar-refractivity contribution in [2.24, 2.45) is 4.99 Å². The maximum atomic E-state index is 12.6. The molecule has 2 N–H and O–H groups in total. The SMILES string of the molecule is Cc1cccc(C(C)C)c1/N=c1\ccc2c(-c3ccccc3S(=O)(=O)O)c3ccc(Nc4c(C)cccc4C(C)C)cc3oc-2c1. The average molecular weight is 631 g/mol. The number of benzene rings is 5. The van der Waals surface area contributed by atoms with Gasteiger partial charge in [0.25, 0.3) is 10.1 Å². The fraction of sp³-hybridized carbons (Fsp3) is 0.205. The van der Waals surface area contributed by atoms with E-state index in [9.17, 15) is 13.0 Å². The first-order chi connectivity index (χ1) is 21.9. The maximum absolute atomic E-state index is 12.6. The molecule has 0 unspecified atom stereocenters. The fourth-order valence-electron chi connectivity index (χ4n) is 6.13. The summed E-state index contributed by atoms with van der Waals surface area (Å²) in [6.45, 7) is 12.8. The number of rotatable bonds is 7. The van der Waals surface area contributed by atoms with E-state index in [1.54, 1.807) is 18.2 Å². The van der Waals surface area contributed by atoms with Gasteiger partial charge in [-0.2, -0.15) is 8.42 Å². The van der Waals surface area contributed by atoms with E-state index in [1.165, 1.54) is 11.6 Å². The Bertz CT molecular complexity index is 2250. The molecule has 2 aliphatic rings. The number of para-hydroxylation sites is 2. The molecule has 0 saturated heterocycles. The molecule has 0 bridgehead atoms. The van der Waals surface area contributed by atoms with Gasteiger partial charge >= 0.3 is 0 Å². The van der Waals surface area contributed by atoms with E-state index in [0.717, 1.165) is 39.1 Å². The quantitative estimate of drug-likeness (QED) is 0.135. The van der Waals surface area contributed by atoms with E-state index in [0.29, 0.717) is 45.3 Å². The Morgan fingerprint density at radius 1 is 0.739 bits per heavy atom. The summed E-state index contributed by atoms with van der Waals surface area (Å²) in [7, 11) is -4.51. The summed E-state index contributed by atoms with van der Waals surface area (Å²) in [5.74, 6) is 1.17. The zero-order valence-corrected chi connectivity index (χ0v) is 27.7. The fourth-order valence-corrected chi connectivity index (χ4v) is 6.83. The minimum absolute atomic E-state index is 0.164. The number of fused-ring (bicyclic) bond motifs is 2. The zero-order valence-electron chi connectivity index (χ0n) is 26.9. The van der Waals surface area contributed by atoms with Crippen molar-refractivity contribution >= 4 is 38.1 Å². The zero-order chi connectivity index (χ0) is 32.7. The van der Waals surface area contributed by atoms with E-state index in [2.05, 4.69) is 83.3 Å². The molecule has 0 saturated carbocycles. The van der Waals surface area contributed by atoms with Gasteiger partial charge in [-0.25, -0.2) is 4.99 Å². The first-order valence-electron chi connectivity index (χ1n) is 15.5. The van der Waals surface area contributed by atoms with Crippen molar-refractivity contribution in [1.82, 2.24) is 0 Å². The van der Waals surface area contributed by atoms with Gasteiger partial charge in [0.1, 0.15) is 16.2 Å². The van der Waals surface area contributed by atoms with Crippen LogP contribution in [0.15, 0.2) is 111 Å². The second kappa shape index (κ2) is 12.2. The van der Waals surface area contributed by atoms with E-state index in [4.69, 9.17) is 9.41 Å². The molecule has 0 spiro atoms. The second-order valence-corrected chi connectivity index (χ2v) is 13.8. The molecular formula is C39H38N2O4S. The minimum atomic E-state index is -4.51. The van der Waals surface area contributed by atoms with Crippen molar-refractivity contribution < 1.29 is 17.4 Å². The highest BCUT2D eigenvalue weighted by molar-refractivity contribution is 7.86. The molecule has 0 amide bonds. The van der Waals surface area contributed by atoms with E-state index in [-0.39, 0.29) is 4.90 Å². The lowest BCUT2D eigenvalue weighted by Crippen LogP contribution is -2.05. The van der Waals surface area contributed by atoms with Gasteiger partial charge in [-0.15, -0.1) is 0 Å². The Morgan fingerprint density at radius 3 is 2.15 bits per heavy atom. The predicted molar refractivity (Wildman–Crippen MR) is 187 cm³/mol. The summed E-state index contributed by atoms with van der Waals surface area (Å²) in [6, 6.07) is 30.6. The lowest BCUT2D eigenvalue weighted by Gasteiger charge is -2.19. The van der Waals surface area contributed by atoms with Crippen molar-refractivity contribution in [1.29, 1.82) is 0 Å². The molecule has 7 heteroatoms. The van der Waals surface area contributed by atoms with Gasteiger partial charge in [0.05, 0.1) is 11.0 Å². The van der Waals surface area contributed by atoms with Crippen LogP contribution in [0, 0.1) is 13.8 Å². The molecule has 1 heterocycles. The molecule has 0 aromatic heterocycles. The van der Waals surface area contributed by atoms with Crippen molar-refractivity contribution in [2.45, 2.75) is 58.3 Å². The lowest BCUT2D eigenvalue weighted by atomic mass is 9.93. The summed E-state index contributed by atoms with van der Waals surface area (Å²) >= 11 is 0. The van der Waals surface area contributed by atoms with Crippen LogP contribution in [-0.2, 0) is 10.1 Å². The third-order valence-corrected chi connectivity index (χ3v) is 9.38. The Morgan fingerprint density at radius 2 is 1.43 bits per heavy atom. The minimum Gasteiger partial charge on any atom is -0.456 e. The van der Waals surface area contributed by atoms with Gasteiger partial charge in [0, 0.05) is 45.6 Å². The van der Waals surface area contributed by atoms with Crippen LogP contribution in [0.2, 0.25) is 0 Å². The molecule has 6 nitrogen and oxygen atoms in total. The van der Waals surface area contributed by atoms with Crippen LogP contribution in [0.5, 0.6) is 0 Å². The van der Waals surface area contributed by atoms with Crippen molar-refractivity contribution in [3.8, 4) is 22.5 Å². The van der Waals surface area contributed by atoms with Crippen molar-refractivity contribution in [3.63, 3.8) is 0 Å².